The highest BCUT2D eigenvalue weighted by molar-refractivity contribution is 7.89. The number of rotatable bonds is 4. The molecule has 1 aliphatic rings. The highest BCUT2D eigenvalue weighted by Gasteiger charge is 2.33. The van der Waals surface area contributed by atoms with Gasteiger partial charge in [-0.3, -0.25) is 0 Å². The smallest absolute Gasteiger partial charge is 0.240 e. The van der Waals surface area contributed by atoms with Crippen molar-refractivity contribution < 1.29 is 8.42 Å². The van der Waals surface area contributed by atoms with Crippen molar-refractivity contribution in [2.45, 2.75) is 36.6 Å². The van der Waals surface area contributed by atoms with Crippen molar-refractivity contribution in [3.8, 4) is 6.07 Å². The molecule has 5 nitrogen and oxygen atoms in total. The molecule has 0 heterocycles. The van der Waals surface area contributed by atoms with Crippen LogP contribution in [-0.4, -0.2) is 20.5 Å². The summed E-state index contributed by atoms with van der Waals surface area (Å²) in [5.74, 6) is 0. The van der Waals surface area contributed by atoms with Gasteiger partial charge in [0.15, 0.2) is 0 Å². The van der Waals surface area contributed by atoms with Crippen molar-refractivity contribution in [2.24, 2.45) is 5.73 Å². The fraction of sp³-hybridized carbons (Fsp3) is 0.462. The molecule has 1 aromatic carbocycles. The Bertz CT molecular complexity index is 634. The van der Waals surface area contributed by atoms with Gasteiger partial charge in [-0.05, 0) is 49.9 Å². The van der Waals surface area contributed by atoms with Crippen LogP contribution in [0.2, 0.25) is 0 Å². The summed E-state index contributed by atoms with van der Waals surface area (Å²) in [5.41, 5.74) is 6.62. The number of nitrogens with zero attached hydrogens (tertiary/aromatic N) is 1. The first-order valence-corrected chi connectivity index (χ1v) is 7.64. The molecule has 3 N–H and O–H groups in total. The third-order valence-corrected chi connectivity index (χ3v) is 5.12. The molecule has 1 saturated carbocycles. The number of hydrogen-bond donors (Lipinski definition) is 2. The van der Waals surface area contributed by atoms with E-state index in [-0.39, 0.29) is 23.8 Å². The Balaban J connectivity index is 0.00000200. The molecule has 1 fully saturated rings. The molecule has 0 saturated heterocycles. The van der Waals surface area contributed by atoms with Crippen molar-refractivity contribution in [3.05, 3.63) is 29.3 Å². The molecular weight excluding hydrogens is 298 g/mol. The second-order valence-corrected chi connectivity index (χ2v) is 6.87. The lowest BCUT2D eigenvalue weighted by Gasteiger charge is -2.38. The van der Waals surface area contributed by atoms with E-state index >= 15 is 0 Å². The summed E-state index contributed by atoms with van der Waals surface area (Å²) in [6.07, 6.45) is 2.75. The number of aryl methyl sites for hydroxylation is 1. The number of sulfonamides is 1. The van der Waals surface area contributed by atoms with E-state index in [4.69, 9.17) is 11.0 Å². The number of nitriles is 1. The molecule has 0 bridgehead atoms. The summed E-state index contributed by atoms with van der Waals surface area (Å²) in [4.78, 5) is 0.203. The van der Waals surface area contributed by atoms with Gasteiger partial charge in [0.25, 0.3) is 0 Å². The van der Waals surface area contributed by atoms with Crippen molar-refractivity contribution in [2.75, 3.05) is 6.54 Å². The third-order valence-electron chi connectivity index (χ3n) is 3.56. The van der Waals surface area contributed by atoms with E-state index in [1.54, 1.807) is 13.0 Å². The van der Waals surface area contributed by atoms with Crippen LogP contribution in [0, 0.1) is 18.3 Å². The lowest BCUT2D eigenvalue weighted by molar-refractivity contribution is 0.251. The Morgan fingerprint density at radius 3 is 2.55 bits per heavy atom. The average molecular weight is 316 g/mol. The molecule has 0 radical (unpaired) electrons. The predicted octanol–water partition coefficient (Wildman–Crippen LogP) is 1.45. The Morgan fingerprint density at radius 1 is 1.45 bits per heavy atom. The first kappa shape index (κ1) is 16.9. The molecule has 110 valence electrons. The first-order chi connectivity index (χ1) is 8.86. The maximum atomic E-state index is 12.2. The number of nitrogens with one attached hydrogen (secondary N) is 1. The minimum atomic E-state index is -3.56. The largest absolute Gasteiger partial charge is 0.324 e. The average Bonchev–Trinajstić information content (AvgIpc) is 2.33. The highest BCUT2D eigenvalue weighted by atomic mass is 35.5. The van der Waals surface area contributed by atoms with Crippen molar-refractivity contribution in [1.82, 2.24) is 4.72 Å². The standard InChI is InChI=1S/C13H17N3O2S.ClH/c1-10-7-11(8-14)3-4-12(10)19(17,18)16-9-13(15)5-2-6-13;/h3-4,7,16H,2,5-6,9,15H2,1H3;1H. The highest BCUT2D eigenvalue weighted by Crippen LogP contribution is 2.28. The summed E-state index contributed by atoms with van der Waals surface area (Å²) in [6, 6.07) is 6.51. The molecule has 2 rings (SSSR count). The summed E-state index contributed by atoms with van der Waals surface area (Å²) >= 11 is 0. The van der Waals surface area contributed by atoms with Crippen LogP contribution in [0.3, 0.4) is 0 Å². The van der Waals surface area contributed by atoms with Gasteiger partial charge in [-0.1, -0.05) is 0 Å². The zero-order valence-electron chi connectivity index (χ0n) is 11.2. The Labute approximate surface area is 125 Å². The molecule has 0 unspecified atom stereocenters. The van der Waals surface area contributed by atoms with Crippen LogP contribution in [0.15, 0.2) is 23.1 Å². The fourth-order valence-corrected chi connectivity index (χ4v) is 3.51. The molecule has 20 heavy (non-hydrogen) atoms. The lowest BCUT2D eigenvalue weighted by Crippen LogP contribution is -2.54. The third kappa shape index (κ3) is 3.49. The van der Waals surface area contributed by atoms with Gasteiger partial charge in [-0.15, -0.1) is 12.4 Å². The number of benzene rings is 1. The zero-order chi connectivity index (χ0) is 14.1. The van der Waals surface area contributed by atoms with Crippen LogP contribution in [0.1, 0.15) is 30.4 Å². The Morgan fingerprint density at radius 2 is 2.10 bits per heavy atom. The summed E-state index contributed by atoms with van der Waals surface area (Å²) < 4.78 is 26.9. The van der Waals surface area contributed by atoms with Gasteiger partial charge in [0.05, 0.1) is 16.5 Å². The maximum Gasteiger partial charge on any atom is 0.240 e. The van der Waals surface area contributed by atoms with E-state index in [1.165, 1.54) is 12.1 Å². The van der Waals surface area contributed by atoms with Crippen molar-refractivity contribution in [1.29, 1.82) is 5.26 Å². The SMILES string of the molecule is Cc1cc(C#N)ccc1S(=O)(=O)NCC1(N)CCC1.Cl. The van der Waals surface area contributed by atoms with E-state index < -0.39 is 15.6 Å². The van der Waals surface area contributed by atoms with Crippen LogP contribution in [0.25, 0.3) is 0 Å². The summed E-state index contributed by atoms with van der Waals surface area (Å²) in [7, 11) is -3.56. The summed E-state index contributed by atoms with van der Waals surface area (Å²) in [6.45, 7) is 1.94. The van der Waals surface area contributed by atoms with E-state index in [1.807, 2.05) is 6.07 Å². The van der Waals surface area contributed by atoms with Gasteiger partial charge < -0.3 is 5.73 Å². The number of halogens is 1. The van der Waals surface area contributed by atoms with Gasteiger partial charge in [-0.25, -0.2) is 13.1 Å². The molecule has 0 atom stereocenters. The minimum Gasteiger partial charge on any atom is -0.324 e. The second kappa shape index (κ2) is 6.10. The Hall–Kier alpha value is -1.13. The van der Waals surface area contributed by atoms with Crippen LogP contribution in [0.5, 0.6) is 0 Å². The fourth-order valence-electron chi connectivity index (χ4n) is 2.14. The molecule has 0 amide bonds. The molecule has 7 heteroatoms. The summed E-state index contributed by atoms with van der Waals surface area (Å²) in [5, 5.41) is 8.77. The van der Waals surface area contributed by atoms with E-state index in [9.17, 15) is 8.42 Å². The normalized spacial score (nSPS) is 16.6. The molecule has 0 aromatic heterocycles. The van der Waals surface area contributed by atoms with Gasteiger partial charge in [0, 0.05) is 12.1 Å². The van der Waals surface area contributed by atoms with Gasteiger partial charge >= 0.3 is 0 Å². The molecule has 1 aliphatic carbocycles. The Kier molecular flexibility index (Phi) is 5.16. The lowest BCUT2D eigenvalue weighted by atomic mass is 9.78. The number of hydrogen-bond acceptors (Lipinski definition) is 4. The predicted molar refractivity (Wildman–Crippen MR) is 79.1 cm³/mol. The minimum absolute atomic E-state index is 0. The van der Waals surface area contributed by atoms with Crippen molar-refractivity contribution >= 4 is 22.4 Å². The monoisotopic (exact) mass is 315 g/mol. The van der Waals surface area contributed by atoms with Gasteiger partial charge in [0.1, 0.15) is 0 Å². The van der Waals surface area contributed by atoms with E-state index in [2.05, 4.69) is 4.72 Å². The van der Waals surface area contributed by atoms with Crippen LogP contribution < -0.4 is 10.5 Å². The van der Waals surface area contributed by atoms with Gasteiger partial charge in [-0.2, -0.15) is 5.26 Å². The number of nitrogens with two attached hydrogens (primary N) is 1. The quantitative estimate of drug-likeness (QED) is 0.879. The molecular formula is C13H18ClN3O2S. The van der Waals surface area contributed by atoms with Crippen molar-refractivity contribution in [3.63, 3.8) is 0 Å². The molecule has 0 aliphatic heterocycles. The van der Waals surface area contributed by atoms with E-state index in [0.29, 0.717) is 11.1 Å². The second-order valence-electron chi connectivity index (χ2n) is 5.13. The molecule has 1 aromatic rings. The van der Waals surface area contributed by atoms with Crippen LogP contribution >= 0.6 is 12.4 Å². The zero-order valence-corrected chi connectivity index (χ0v) is 12.9. The molecule has 0 spiro atoms. The van der Waals surface area contributed by atoms with Crippen LogP contribution in [0.4, 0.5) is 0 Å². The maximum absolute atomic E-state index is 12.2. The van der Waals surface area contributed by atoms with Crippen LogP contribution in [-0.2, 0) is 10.0 Å². The first-order valence-electron chi connectivity index (χ1n) is 6.16. The van der Waals surface area contributed by atoms with Gasteiger partial charge in [0.2, 0.25) is 10.0 Å². The topological polar surface area (TPSA) is 96.0 Å². The van der Waals surface area contributed by atoms with E-state index in [0.717, 1.165) is 19.3 Å².